The lowest BCUT2D eigenvalue weighted by Gasteiger charge is -2.11. The quantitative estimate of drug-likeness (QED) is 0.854. The topological polar surface area (TPSA) is 29.1 Å². The summed E-state index contributed by atoms with van der Waals surface area (Å²) < 4.78 is 0. The van der Waals surface area contributed by atoms with E-state index in [0.29, 0.717) is 0 Å². The maximum Gasteiger partial charge on any atom is 0.255 e. The Hall–Kier alpha value is -2.09. The van der Waals surface area contributed by atoms with Crippen LogP contribution in [0.4, 0.5) is 5.69 Å². The number of benzene rings is 2. The lowest BCUT2D eigenvalue weighted by atomic mass is 10.0. The van der Waals surface area contributed by atoms with E-state index >= 15 is 0 Å². The molecule has 0 fully saturated rings. The third kappa shape index (κ3) is 3.08. The summed E-state index contributed by atoms with van der Waals surface area (Å²) in [6, 6.07) is 10.1. The van der Waals surface area contributed by atoms with Gasteiger partial charge in [0.1, 0.15) is 0 Å². The van der Waals surface area contributed by atoms with Crippen molar-refractivity contribution in [1.82, 2.24) is 0 Å². The summed E-state index contributed by atoms with van der Waals surface area (Å²) in [5.74, 6) is -0.0457. The molecule has 0 aliphatic rings. The number of amides is 1. The van der Waals surface area contributed by atoms with Crippen LogP contribution in [0.2, 0.25) is 0 Å². The Kier molecular flexibility index (Phi) is 3.93. The number of rotatable bonds is 2. The maximum atomic E-state index is 12.4. The minimum atomic E-state index is -0.0457. The van der Waals surface area contributed by atoms with Crippen LogP contribution in [0.5, 0.6) is 0 Å². The van der Waals surface area contributed by atoms with Crippen molar-refractivity contribution in [1.29, 1.82) is 0 Å². The normalized spacial score (nSPS) is 10.4. The van der Waals surface area contributed by atoms with E-state index in [1.165, 1.54) is 5.56 Å². The SMILES string of the molecule is Cc1cc(C)cc(NC(=O)c2cc(C)c(C)cc2C)c1. The summed E-state index contributed by atoms with van der Waals surface area (Å²) in [7, 11) is 0. The molecule has 0 saturated carbocycles. The van der Waals surface area contributed by atoms with Gasteiger partial charge in [0.15, 0.2) is 0 Å². The van der Waals surface area contributed by atoms with Crippen LogP contribution < -0.4 is 5.32 Å². The number of nitrogens with one attached hydrogen (secondary N) is 1. The molecule has 0 aliphatic heterocycles. The maximum absolute atomic E-state index is 12.4. The van der Waals surface area contributed by atoms with Gasteiger partial charge < -0.3 is 5.32 Å². The monoisotopic (exact) mass is 267 g/mol. The molecule has 0 spiro atoms. The number of aryl methyl sites for hydroxylation is 5. The Morgan fingerprint density at radius 1 is 0.750 bits per heavy atom. The standard InChI is InChI=1S/C18H21NO/c1-11-6-12(2)8-16(7-11)19-18(20)17-10-14(4)13(3)9-15(17)5/h6-10H,1-5H3,(H,19,20). The molecule has 0 heterocycles. The van der Waals surface area contributed by atoms with E-state index in [1.54, 1.807) is 0 Å². The molecule has 1 amide bonds. The summed E-state index contributed by atoms with van der Waals surface area (Å²) in [6.45, 7) is 10.1. The van der Waals surface area contributed by atoms with Crippen LogP contribution in [-0.4, -0.2) is 5.91 Å². The zero-order valence-corrected chi connectivity index (χ0v) is 12.8. The van der Waals surface area contributed by atoms with Gasteiger partial charge in [-0.25, -0.2) is 0 Å². The van der Waals surface area contributed by atoms with Crippen LogP contribution in [0.1, 0.15) is 38.2 Å². The molecule has 0 aliphatic carbocycles. The Labute approximate surface area is 120 Å². The number of hydrogen-bond donors (Lipinski definition) is 1. The van der Waals surface area contributed by atoms with Gasteiger partial charge >= 0.3 is 0 Å². The minimum absolute atomic E-state index is 0.0457. The third-order valence-corrected chi connectivity index (χ3v) is 3.56. The first-order valence-corrected chi connectivity index (χ1v) is 6.84. The highest BCUT2D eigenvalue weighted by molar-refractivity contribution is 6.05. The van der Waals surface area contributed by atoms with Crippen LogP contribution >= 0.6 is 0 Å². The lowest BCUT2D eigenvalue weighted by molar-refractivity contribution is 0.102. The zero-order chi connectivity index (χ0) is 14.9. The molecule has 1 N–H and O–H groups in total. The second-order valence-electron chi connectivity index (χ2n) is 5.58. The Balaban J connectivity index is 2.30. The molecular weight excluding hydrogens is 246 g/mol. The number of hydrogen-bond acceptors (Lipinski definition) is 1. The first-order chi connectivity index (χ1) is 9.36. The van der Waals surface area contributed by atoms with Gasteiger partial charge in [-0.05, 0) is 80.6 Å². The van der Waals surface area contributed by atoms with E-state index in [2.05, 4.69) is 24.4 Å². The molecule has 0 radical (unpaired) electrons. The number of carbonyl (C=O) groups is 1. The van der Waals surface area contributed by atoms with Crippen LogP contribution in [0, 0.1) is 34.6 Å². The predicted molar refractivity (Wildman–Crippen MR) is 84.5 cm³/mol. The summed E-state index contributed by atoms with van der Waals surface area (Å²) in [6.07, 6.45) is 0. The van der Waals surface area contributed by atoms with Gasteiger partial charge in [0.25, 0.3) is 5.91 Å². The van der Waals surface area contributed by atoms with Gasteiger partial charge in [0.2, 0.25) is 0 Å². The molecule has 2 aromatic rings. The summed E-state index contributed by atoms with van der Waals surface area (Å²) in [4.78, 5) is 12.4. The van der Waals surface area contributed by atoms with Gasteiger partial charge in [0.05, 0.1) is 0 Å². The van der Waals surface area contributed by atoms with Crippen molar-refractivity contribution in [2.24, 2.45) is 0 Å². The van der Waals surface area contributed by atoms with Crippen molar-refractivity contribution >= 4 is 11.6 Å². The second-order valence-corrected chi connectivity index (χ2v) is 5.58. The van der Waals surface area contributed by atoms with Crippen LogP contribution in [0.15, 0.2) is 30.3 Å². The fourth-order valence-electron chi connectivity index (χ4n) is 2.45. The van der Waals surface area contributed by atoms with Crippen LogP contribution in [0.3, 0.4) is 0 Å². The van der Waals surface area contributed by atoms with E-state index in [0.717, 1.165) is 33.5 Å². The first-order valence-electron chi connectivity index (χ1n) is 6.84. The third-order valence-electron chi connectivity index (χ3n) is 3.56. The summed E-state index contributed by atoms with van der Waals surface area (Å²) in [5.41, 5.74) is 7.26. The largest absolute Gasteiger partial charge is 0.322 e. The van der Waals surface area contributed by atoms with E-state index < -0.39 is 0 Å². The molecule has 0 atom stereocenters. The van der Waals surface area contributed by atoms with Gasteiger partial charge in [-0.1, -0.05) is 12.1 Å². The van der Waals surface area contributed by atoms with Crippen molar-refractivity contribution < 1.29 is 4.79 Å². The molecule has 0 unspecified atom stereocenters. The second kappa shape index (κ2) is 5.49. The van der Waals surface area contributed by atoms with Gasteiger partial charge in [-0.3, -0.25) is 4.79 Å². The summed E-state index contributed by atoms with van der Waals surface area (Å²) >= 11 is 0. The van der Waals surface area contributed by atoms with Crippen molar-refractivity contribution in [3.63, 3.8) is 0 Å². The van der Waals surface area contributed by atoms with Crippen LogP contribution in [0.25, 0.3) is 0 Å². The average molecular weight is 267 g/mol. The average Bonchev–Trinajstić information content (AvgIpc) is 2.32. The van der Waals surface area contributed by atoms with Crippen molar-refractivity contribution in [2.45, 2.75) is 34.6 Å². The van der Waals surface area contributed by atoms with Gasteiger partial charge in [0, 0.05) is 11.3 Å². The Morgan fingerprint density at radius 2 is 1.30 bits per heavy atom. The molecule has 2 nitrogen and oxygen atoms in total. The number of anilines is 1. The Morgan fingerprint density at radius 3 is 1.90 bits per heavy atom. The molecular formula is C18H21NO. The molecule has 104 valence electrons. The predicted octanol–water partition coefficient (Wildman–Crippen LogP) is 4.48. The molecule has 2 heteroatoms. The Bertz CT molecular complexity index is 651. The van der Waals surface area contributed by atoms with Gasteiger partial charge in [-0.15, -0.1) is 0 Å². The smallest absolute Gasteiger partial charge is 0.255 e. The molecule has 2 rings (SSSR count). The highest BCUT2D eigenvalue weighted by atomic mass is 16.1. The highest BCUT2D eigenvalue weighted by Gasteiger charge is 2.11. The molecule has 0 saturated heterocycles. The summed E-state index contributed by atoms with van der Waals surface area (Å²) in [5, 5.41) is 2.99. The van der Waals surface area contributed by atoms with E-state index in [1.807, 2.05) is 45.9 Å². The minimum Gasteiger partial charge on any atom is -0.322 e. The van der Waals surface area contributed by atoms with Gasteiger partial charge in [-0.2, -0.15) is 0 Å². The highest BCUT2D eigenvalue weighted by Crippen LogP contribution is 2.19. The van der Waals surface area contributed by atoms with E-state index in [-0.39, 0.29) is 5.91 Å². The molecule has 0 bridgehead atoms. The molecule has 2 aromatic carbocycles. The fourth-order valence-corrected chi connectivity index (χ4v) is 2.45. The lowest BCUT2D eigenvalue weighted by Crippen LogP contribution is -2.14. The van der Waals surface area contributed by atoms with Crippen LogP contribution in [-0.2, 0) is 0 Å². The number of carbonyl (C=O) groups excluding carboxylic acids is 1. The zero-order valence-electron chi connectivity index (χ0n) is 12.8. The van der Waals surface area contributed by atoms with E-state index in [4.69, 9.17) is 0 Å². The molecule has 20 heavy (non-hydrogen) atoms. The van der Waals surface area contributed by atoms with E-state index in [9.17, 15) is 4.79 Å². The fraction of sp³-hybridized carbons (Fsp3) is 0.278. The first kappa shape index (κ1) is 14.3. The molecule has 0 aromatic heterocycles. The van der Waals surface area contributed by atoms with Crippen molar-refractivity contribution in [3.05, 3.63) is 63.7 Å². The van der Waals surface area contributed by atoms with Crippen molar-refractivity contribution in [2.75, 3.05) is 5.32 Å². The van der Waals surface area contributed by atoms with Crippen molar-refractivity contribution in [3.8, 4) is 0 Å².